The van der Waals surface area contributed by atoms with Crippen LogP contribution in [0.3, 0.4) is 0 Å². The summed E-state index contributed by atoms with van der Waals surface area (Å²) < 4.78 is 4.68. The Kier molecular flexibility index (Phi) is 4.37. The van der Waals surface area contributed by atoms with E-state index in [1.807, 2.05) is 6.92 Å². The first kappa shape index (κ1) is 9.01. The molecule has 0 saturated carbocycles. The van der Waals surface area contributed by atoms with Crippen LogP contribution in [0.15, 0.2) is 11.8 Å². The molecule has 1 N–H and O–H groups in total. The van der Waals surface area contributed by atoms with E-state index < -0.39 is 5.97 Å². The van der Waals surface area contributed by atoms with Crippen molar-refractivity contribution in [3.05, 3.63) is 11.8 Å². The van der Waals surface area contributed by atoms with Crippen LogP contribution in [0.2, 0.25) is 0 Å². The van der Waals surface area contributed by atoms with Crippen LogP contribution in [0.25, 0.3) is 0 Å². The summed E-state index contributed by atoms with van der Waals surface area (Å²) in [6.45, 7) is 3.81. The molecule has 0 aliphatic rings. The quantitative estimate of drug-likeness (QED) is 0.370. The van der Waals surface area contributed by atoms with Crippen molar-refractivity contribution in [2.45, 2.75) is 20.3 Å². The minimum atomic E-state index is -0.454. The lowest BCUT2D eigenvalue weighted by molar-refractivity contribution is -0.139. The third kappa shape index (κ3) is 3.12. The third-order valence-electron chi connectivity index (χ3n) is 0.953. The second-order valence-electron chi connectivity index (χ2n) is 1.95. The standard InChI is InChI=1S/C7H12O3/c1-3-4-10-7(9)6(2)5-8/h5,8H,3-4H2,1-2H3/b6-5+. The van der Waals surface area contributed by atoms with E-state index in [9.17, 15) is 4.79 Å². The van der Waals surface area contributed by atoms with Gasteiger partial charge < -0.3 is 9.84 Å². The van der Waals surface area contributed by atoms with Gasteiger partial charge in [-0.05, 0) is 13.3 Å². The van der Waals surface area contributed by atoms with Crippen LogP contribution in [0.5, 0.6) is 0 Å². The van der Waals surface area contributed by atoms with Gasteiger partial charge in [-0.25, -0.2) is 4.79 Å². The maximum absolute atomic E-state index is 10.7. The molecule has 0 aliphatic carbocycles. The van der Waals surface area contributed by atoms with Crippen molar-refractivity contribution in [3.8, 4) is 0 Å². The molecule has 58 valence electrons. The number of aliphatic hydroxyl groups excluding tert-OH is 1. The highest BCUT2D eigenvalue weighted by Gasteiger charge is 2.02. The van der Waals surface area contributed by atoms with Crippen LogP contribution < -0.4 is 0 Å². The predicted octanol–water partition coefficient (Wildman–Crippen LogP) is 1.40. The fraction of sp³-hybridized carbons (Fsp3) is 0.571. The van der Waals surface area contributed by atoms with Crippen LogP contribution in [-0.2, 0) is 9.53 Å². The monoisotopic (exact) mass is 144 g/mol. The zero-order valence-electron chi connectivity index (χ0n) is 6.26. The number of ether oxygens (including phenoxy) is 1. The highest BCUT2D eigenvalue weighted by Crippen LogP contribution is 1.94. The van der Waals surface area contributed by atoms with Crippen LogP contribution in [0.4, 0.5) is 0 Å². The number of hydrogen-bond acceptors (Lipinski definition) is 3. The normalized spacial score (nSPS) is 11.2. The van der Waals surface area contributed by atoms with Gasteiger partial charge in [0.1, 0.15) is 0 Å². The molecule has 10 heavy (non-hydrogen) atoms. The molecule has 0 aromatic rings. The van der Waals surface area contributed by atoms with Crippen LogP contribution in [0.1, 0.15) is 20.3 Å². The Morgan fingerprint density at radius 1 is 1.70 bits per heavy atom. The SMILES string of the molecule is CCCOC(=O)/C(C)=C/O. The highest BCUT2D eigenvalue weighted by atomic mass is 16.5. The van der Waals surface area contributed by atoms with E-state index in [4.69, 9.17) is 5.11 Å². The Hall–Kier alpha value is -0.990. The van der Waals surface area contributed by atoms with Gasteiger partial charge in [-0.3, -0.25) is 0 Å². The summed E-state index contributed by atoms with van der Waals surface area (Å²) in [6.07, 6.45) is 1.54. The molecule has 3 heteroatoms. The minimum absolute atomic E-state index is 0.230. The van der Waals surface area contributed by atoms with E-state index >= 15 is 0 Å². The molecule has 0 amide bonds. The number of hydrogen-bond donors (Lipinski definition) is 1. The molecule has 0 saturated heterocycles. The summed E-state index contributed by atoms with van der Waals surface area (Å²) >= 11 is 0. The Labute approximate surface area is 60.3 Å². The van der Waals surface area contributed by atoms with Gasteiger partial charge in [0.25, 0.3) is 0 Å². The molecule has 0 aromatic carbocycles. The maximum atomic E-state index is 10.7. The lowest BCUT2D eigenvalue weighted by Gasteiger charge is -2.00. The first-order valence-corrected chi connectivity index (χ1v) is 3.20. The summed E-state index contributed by atoms with van der Waals surface area (Å²) in [5.74, 6) is -0.454. The molecule has 0 bridgehead atoms. The summed E-state index contributed by atoms with van der Waals surface area (Å²) in [5, 5.41) is 8.34. The topological polar surface area (TPSA) is 46.5 Å². The van der Waals surface area contributed by atoms with Gasteiger partial charge in [0.2, 0.25) is 0 Å². The van der Waals surface area contributed by atoms with E-state index in [-0.39, 0.29) is 5.57 Å². The van der Waals surface area contributed by atoms with Crippen LogP contribution >= 0.6 is 0 Å². The Morgan fingerprint density at radius 2 is 2.30 bits per heavy atom. The van der Waals surface area contributed by atoms with Crippen molar-refractivity contribution in [1.29, 1.82) is 0 Å². The molecule has 0 heterocycles. The zero-order valence-corrected chi connectivity index (χ0v) is 6.26. The van der Waals surface area contributed by atoms with Gasteiger partial charge in [-0.15, -0.1) is 0 Å². The number of carbonyl (C=O) groups is 1. The van der Waals surface area contributed by atoms with Gasteiger partial charge in [0.15, 0.2) is 0 Å². The first-order valence-electron chi connectivity index (χ1n) is 3.20. The van der Waals surface area contributed by atoms with E-state index in [0.717, 1.165) is 12.7 Å². The van der Waals surface area contributed by atoms with Crippen molar-refractivity contribution in [1.82, 2.24) is 0 Å². The Balaban J connectivity index is 3.63. The van der Waals surface area contributed by atoms with Crippen molar-refractivity contribution >= 4 is 5.97 Å². The summed E-state index contributed by atoms with van der Waals surface area (Å²) in [5.41, 5.74) is 0.230. The second-order valence-corrected chi connectivity index (χ2v) is 1.95. The number of aliphatic hydroxyl groups is 1. The average Bonchev–Trinajstić information content (AvgIpc) is 1.98. The fourth-order valence-electron chi connectivity index (χ4n) is 0.361. The summed E-state index contributed by atoms with van der Waals surface area (Å²) in [7, 11) is 0. The van der Waals surface area contributed by atoms with Crippen molar-refractivity contribution in [2.24, 2.45) is 0 Å². The van der Waals surface area contributed by atoms with E-state index in [2.05, 4.69) is 4.74 Å². The summed E-state index contributed by atoms with van der Waals surface area (Å²) in [6, 6.07) is 0. The van der Waals surface area contributed by atoms with Crippen molar-refractivity contribution in [3.63, 3.8) is 0 Å². The van der Waals surface area contributed by atoms with Crippen LogP contribution in [-0.4, -0.2) is 17.7 Å². The first-order chi connectivity index (χ1) is 4.72. The zero-order chi connectivity index (χ0) is 7.98. The highest BCUT2D eigenvalue weighted by molar-refractivity contribution is 5.87. The average molecular weight is 144 g/mol. The van der Waals surface area contributed by atoms with Crippen LogP contribution in [0, 0.1) is 0 Å². The molecule has 0 aromatic heterocycles. The number of carbonyl (C=O) groups excluding carboxylic acids is 1. The lowest BCUT2D eigenvalue weighted by Crippen LogP contribution is -2.06. The lowest BCUT2D eigenvalue weighted by atomic mass is 10.3. The van der Waals surface area contributed by atoms with Gasteiger partial charge in [0.05, 0.1) is 18.4 Å². The second kappa shape index (κ2) is 4.85. The van der Waals surface area contributed by atoms with Gasteiger partial charge in [0, 0.05) is 0 Å². The smallest absolute Gasteiger partial charge is 0.336 e. The van der Waals surface area contributed by atoms with Gasteiger partial charge >= 0.3 is 5.97 Å². The summed E-state index contributed by atoms with van der Waals surface area (Å²) in [4.78, 5) is 10.7. The molecule has 0 radical (unpaired) electrons. The Bertz CT molecular complexity index is 138. The van der Waals surface area contributed by atoms with E-state index in [0.29, 0.717) is 6.61 Å². The predicted molar refractivity (Wildman–Crippen MR) is 37.6 cm³/mol. The molecular formula is C7H12O3. The minimum Gasteiger partial charge on any atom is -0.515 e. The third-order valence-corrected chi connectivity index (χ3v) is 0.953. The molecule has 0 aliphatic heterocycles. The van der Waals surface area contributed by atoms with Gasteiger partial charge in [-0.2, -0.15) is 0 Å². The maximum Gasteiger partial charge on any atom is 0.336 e. The van der Waals surface area contributed by atoms with Gasteiger partial charge in [-0.1, -0.05) is 6.92 Å². The largest absolute Gasteiger partial charge is 0.515 e. The molecule has 0 fully saturated rings. The van der Waals surface area contributed by atoms with Crippen molar-refractivity contribution < 1.29 is 14.6 Å². The molecular weight excluding hydrogens is 132 g/mol. The fourth-order valence-corrected chi connectivity index (χ4v) is 0.361. The van der Waals surface area contributed by atoms with Crippen molar-refractivity contribution in [2.75, 3.05) is 6.61 Å². The van der Waals surface area contributed by atoms with E-state index in [1.165, 1.54) is 6.92 Å². The molecule has 0 unspecified atom stereocenters. The Morgan fingerprint density at radius 3 is 2.70 bits per heavy atom. The molecule has 0 atom stereocenters. The number of esters is 1. The number of rotatable bonds is 3. The van der Waals surface area contributed by atoms with E-state index in [1.54, 1.807) is 0 Å². The molecule has 3 nitrogen and oxygen atoms in total. The molecule has 0 spiro atoms. The molecule has 0 rings (SSSR count).